The Labute approximate surface area is 300 Å². The Balaban J connectivity index is 1.20. The monoisotopic (exact) mass is 721 g/mol. The number of aromatic nitrogens is 1. The van der Waals surface area contributed by atoms with Gasteiger partial charge in [0.05, 0.1) is 42.9 Å². The number of para-hydroxylation sites is 1. The van der Waals surface area contributed by atoms with Gasteiger partial charge in [-0.1, -0.05) is 65.7 Å². The first kappa shape index (κ1) is 35.4. The Morgan fingerprint density at radius 3 is 2.34 bits per heavy atom. The second-order valence-corrected chi connectivity index (χ2v) is 13.3. The summed E-state index contributed by atoms with van der Waals surface area (Å²) in [5.74, 6) is 0.256. The van der Waals surface area contributed by atoms with Crippen LogP contribution >= 0.6 is 23.2 Å². The maximum absolute atomic E-state index is 15.1. The molecular formula is C38H38Cl2FN3O6. The van der Waals surface area contributed by atoms with E-state index in [0.29, 0.717) is 56.3 Å². The zero-order chi connectivity index (χ0) is 35.2. The summed E-state index contributed by atoms with van der Waals surface area (Å²) in [6.07, 6.45) is 3.41. The van der Waals surface area contributed by atoms with Gasteiger partial charge < -0.3 is 18.9 Å². The van der Waals surface area contributed by atoms with Gasteiger partial charge in [0.25, 0.3) is 0 Å². The number of ether oxygens (including phenoxy) is 4. The first-order valence-electron chi connectivity index (χ1n) is 16.4. The van der Waals surface area contributed by atoms with Gasteiger partial charge in [0.15, 0.2) is 11.5 Å². The third-order valence-electron chi connectivity index (χ3n) is 9.29. The molecule has 0 radical (unpaired) electrons. The molecule has 1 aromatic heterocycles. The van der Waals surface area contributed by atoms with Crippen molar-refractivity contribution in [2.75, 3.05) is 38.8 Å². The number of benzene rings is 3. The van der Waals surface area contributed by atoms with Crippen LogP contribution in [0.1, 0.15) is 41.2 Å². The van der Waals surface area contributed by atoms with Crippen LogP contribution in [0, 0.1) is 11.7 Å². The van der Waals surface area contributed by atoms with E-state index in [4.69, 9.17) is 42.1 Å². The normalized spacial score (nSPS) is 18.6. The molecule has 0 saturated carbocycles. The van der Waals surface area contributed by atoms with Crippen molar-refractivity contribution in [1.82, 2.24) is 9.88 Å². The number of nitrogens with zero attached hydrogens (tertiary/aromatic N) is 3. The molecule has 2 atom stereocenters. The smallest absolute Gasteiger partial charge is 0.415 e. The van der Waals surface area contributed by atoms with Crippen molar-refractivity contribution in [2.45, 2.75) is 44.4 Å². The highest BCUT2D eigenvalue weighted by Gasteiger charge is 2.37. The van der Waals surface area contributed by atoms with E-state index < -0.39 is 24.0 Å². The maximum Gasteiger partial charge on any atom is 0.415 e. The standard InChI is InChI=1S/C38H38Cl2FN3O6/c1-47-33-11-10-27(18-35(33)48-2)34(19-28-29(39)20-42-21-30(28)40)49-37(45)17-24-6-5-7-25(16-24)22-44(32-9-4-3-8-31(32)41)38(46)50-36-23-43-14-12-26(36)13-15-43/h3-11,16,18,20-21,26,34,36H,12-15,17,19,22-23H2,1-2H3/t34-,36-/m0/s1. The largest absolute Gasteiger partial charge is 0.493 e. The lowest BCUT2D eigenvalue weighted by Crippen LogP contribution is -2.53. The predicted molar refractivity (Wildman–Crippen MR) is 189 cm³/mol. The van der Waals surface area contributed by atoms with Gasteiger partial charge in [0.1, 0.15) is 18.0 Å². The molecule has 50 heavy (non-hydrogen) atoms. The average Bonchev–Trinajstić information content (AvgIpc) is 3.12. The Morgan fingerprint density at radius 1 is 0.940 bits per heavy atom. The van der Waals surface area contributed by atoms with Gasteiger partial charge in [-0.15, -0.1) is 0 Å². The number of carbonyl (C=O) groups excluding carboxylic acids is 2. The Kier molecular flexibility index (Phi) is 11.4. The Hall–Kier alpha value is -4.38. The van der Waals surface area contributed by atoms with Crippen LogP contribution in [0.25, 0.3) is 0 Å². The van der Waals surface area contributed by atoms with Crippen LogP contribution in [0.4, 0.5) is 14.9 Å². The molecule has 7 rings (SSSR count). The van der Waals surface area contributed by atoms with Gasteiger partial charge in [0.2, 0.25) is 0 Å². The van der Waals surface area contributed by atoms with Crippen molar-refractivity contribution >= 4 is 41.0 Å². The highest BCUT2D eigenvalue weighted by molar-refractivity contribution is 6.35. The van der Waals surface area contributed by atoms with Crippen molar-refractivity contribution < 1.29 is 32.9 Å². The highest BCUT2D eigenvalue weighted by Crippen LogP contribution is 2.36. The molecule has 3 aliphatic rings. The summed E-state index contributed by atoms with van der Waals surface area (Å²) >= 11 is 12.9. The third-order valence-corrected chi connectivity index (χ3v) is 9.94. The van der Waals surface area contributed by atoms with Gasteiger partial charge in [0, 0.05) is 25.4 Å². The minimum Gasteiger partial charge on any atom is -0.493 e. The van der Waals surface area contributed by atoms with Gasteiger partial charge in [-0.05, 0) is 78.4 Å². The number of pyridine rings is 1. The zero-order valence-electron chi connectivity index (χ0n) is 27.8. The quantitative estimate of drug-likeness (QED) is 0.137. The van der Waals surface area contributed by atoms with Gasteiger partial charge in [-0.25, -0.2) is 9.18 Å². The second kappa shape index (κ2) is 16.1. The molecule has 3 fully saturated rings. The van der Waals surface area contributed by atoms with E-state index in [1.807, 2.05) is 6.07 Å². The van der Waals surface area contributed by atoms with Crippen LogP contribution in [0.5, 0.6) is 11.5 Å². The number of halogens is 3. The van der Waals surface area contributed by atoms with Crippen LogP contribution in [-0.4, -0.2) is 61.9 Å². The molecule has 12 heteroatoms. The number of methoxy groups -OCH3 is 2. The third kappa shape index (κ3) is 8.31. The van der Waals surface area contributed by atoms with E-state index in [0.717, 1.165) is 25.9 Å². The molecule has 0 N–H and O–H groups in total. The number of hydrogen-bond acceptors (Lipinski definition) is 8. The fourth-order valence-electron chi connectivity index (χ4n) is 6.64. The minimum atomic E-state index is -0.777. The molecule has 262 valence electrons. The molecule has 4 aromatic rings. The van der Waals surface area contributed by atoms with E-state index in [9.17, 15) is 9.59 Å². The summed E-state index contributed by atoms with van der Waals surface area (Å²) in [6, 6.07) is 18.6. The predicted octanol–water partition coefficient (Wildman–Crippen LogP) is 7.85. The second-order valence-electron chi connectivity index (χ2n) is 12.5. The Bertz CT molecular complexity index is 1820. The Morgan fingerprint density at radius 2 is 1.66 bits per heavy atom. The fourth-order valence-corrected chi connectivity index (χ4v) is 7.16. The van der Waals surface area contributed by atoms with Gasteiger partial charge in [-0.3, -0.25) is 19.6 Å². The van der Waals surface area contributed by atoms with Gasteiger partial charge >= 0.3 is 12.1 Å². The van der Waals surface area contributed by atoms with Crippen molar-refractivity contribution in [3.05, 3.63) is 117 Å². The molecule has 0 spiro atoms. The van der Waals surface area contributed by atoms with E-state index >= 15 is 4.39 Å². The summed E-state index contributed by atoms with van der Waals surface area (Å²) < 4.78 is 38.0. The van der Waals surface area contributed by atoms with Crippen molar-refractivity contribution in [2.24, 2.45) is 5.92 Å². The summed E-state index contributed by atoms with van der Waals surface area (Å²) in [6.45, 7) is 2.73. The SMILES string of the molecule is COc1ccc([C@H](Cc2c(Cl)cncc2Cl)OC(=O)Cc2cccc(CN(C(=O)O[C@H]3CN4CCC3CC4)c3ccccc3F)c2)cc1OC. The lowest BCUT2D eigenvalue weighted by Gasteiger charge is -2.44. The maximum atomic E-state index is 15.1. The molecule has 3 aromatic carbocycles. The van der Waals surface area contributed by atoms with Crippen LogP contribution in [0.2, 0.25) is 10.0 Å². The first-order valence-corrected chi connectivity index (χ1v) is 17.2. The molecule has 2 bridgehead atoms. The van der Waals surface area contributed by atoms with E-state index in [1.54, 1.807) is 54.6 Å². The van der Waals surface area contributed by atoms with Crippen LogP contribution in [-0.2, 0) is 33.7 Å². The van der Waals surface area contributed by atoms with Gasteiger partial charge in [-0.2, -0.15) is 0 Å². The number of piperidine rings is 3. The van der Waals surface area contributed by atoms with Crippen molar-refractivity contribution in [1.29, 1.82) is 0 Å². The van der Waals surface area contributed by atoms with E-state index in [1.165, 1.54) is 37.6 Å². The summed E-state index contributed by atoms with van der Waals surface area (Å²) in [4.78, 5) is 34.8. The molecule has 0 unspecified atom stereocenters. The molecule has 9 nitrogen and oxygen atoms in total. The molecule has 4 heterocycles. The minimum absolute atomic E-state index is 0.0388. The molecule has 1 amide bonds. The number of carbonyl (C=O) groups is 2. The van der Waals surface area contributed by atoms with Crippen LogP contribution < -0.4 is 14.4 Å². The topological polar surface area (TPSA) is 90.4 Å². The fraction of sp³-hybridized carbons (Fsp3) is 0.342. The number of rotatable bonds is 12. The number of hydrogen-bond donors (Lipinski definition) is 0. The lowest BCUT2D eigenvalue weighted by molar-refractivity contribution is -0.148. The zero-order valence-corrected chi connectivity index (χ0v) is 29.3. The summed E-state index contributed by atoms with van der Waals surface area (Å²) in [5, 5.41) is 0.691. The van der Waals surface area contributed by atoms with E-state index in [2.05, 4.69) is 9.88 Å². The summed E-state index contributed by atoms with van der Waals surface area (Å²) in [7, 11) is 3.06. The highest BCUT2D eigenvalue weighted by atomic mass is 35.5. The van der Waals surface area contributed by atoms with Crippen LogP contribution in [0.3, 0.4) is 0 Å². The number of esters is 1. The summed E-state index contributed by atoms with van der Waals surface area (Å²) in [5.41, 5.74) is 2.69. The molecular weight excluding hydrogens is 684 g/mol. The number of anilines is 1. The van der Waals surface area contributed by atoms with Crippen molar-refractivity contribution in [3.8, 4) is 11.5 Å². The molecule has 3 saturated heterocycles. The number of amides is 1. The number of fused-ring (bicyclic) bond motifs is 3. The average molecular weight is 723 g/mol. The first-order chi connectivity index (χ1) is 24.2. The van der Waals surface area contributed by atoms with Crippen LogP contribution in [0.15, 0.2) is 79.1 Å². The lowest BCUT2D eigenvalue weighted by atomic mass is 9.86. The van der Waals surface area contributed by atoms with Crippen molar-refractivity contribution in [3.63, 3.8) is 0 Å². The molecule has 3 aliphatic heterocycles. The van der Waals surface area contributed by atoms with E-state index in [-0.39, 0.29) is 31.2 Å². The molecule has 0 aliphatic carbocycles.